The molecule has 2 saturated heterocycles. The molecule has 4 heterocycles. The minimum Gasteiger partial charge on any atom is -0.507 e. The summed E-state index contributed by atoms with van der Waals surface area (Å²) in [5.41, 5.74) is 0.0674. The topological polar surface area (TPSA) is 89.5 Å². The number of rotatable bonds is 4. The number of aromatic nitrogens is 1. The lowest BCUT2D eigenvalue weighted by atomic mass is 10.0. The molecular weight excluding hydrogens is 513 g/mol. The molecule has 1 aromatic heterocycles. The first kappa shape index (κ1) is 26.2. The molecule has 0 saturated carbocycles. The number of halogens is 2. The Labute approximate surface area is 226 Å². The molecule has 2 fully saturated rings. The Morgan fingerprint density at radius 2 is 2.03 bits per heavy atom. The third-order valence-corrected chi connectivity index (χ3v) is 8.07. The molecule has 38 heavy (non-hydrogen) atoms. The SMILES string of the molecule is C=CC(=O)N1CCN2C(=O)c3c(N4C[C@H](N(C)C)CC4C)nc(-c4c(O)cccc4F)c(Cl)c3OC[C@H]2C1. The molecule has 202 valence electrons. The summed E-state index contributed by atoms with van der Waals surface area (Å²) in [5.74, 6) is -1.08. The second-order valence-electron chi connectivity index (χ2n) is 10.2. The summed E-state index contributed by atoms with van der Waals surface area (Å²) >= 11 is 6.80. The number of carbonyl (C=O) groups excluding carboxylic acids is 2. The van der Waals surface area contributed by atoms with E-state index in [-0.39, 0.29) is 70.4 Å². The largest absolute Gasteiger partial charge is 0.507 e. The standard InChI is InChI=1S/C27H31ClFN5O4/c1-5-20(36)32-9-10-33-17(12-32)14-38-25-22(27(33)37)26(34-13-16(31(3)4)11-15(34)2)30-24(23(25)28)21-18(29)7-6-8-19(21)35/h5-8,15-17,35H,1,9-14H2,2-4H3/t15?,16-,17-/m1/s1. The fourth-order valence-corrected chi connectivity index (χ4v) is 5.85. The number of likely N-dealkylation sites (N-methyl/N-ethyl adjacent to an activating group) is 1. The predicted octanol–water partition coefficient (Wildman–Crippen LogP) is 3.01. The number of hydrogen-bond donors (Lipinski definition) is 1. The van der Waals surface area contributed by atoms with Gasteiger partial charge < -0.3 is 29.4 Å². The number of aromatic hydroxyl groups is 1. The zero-order valence-corrected chi connectivity index (χ0v) is 22.4. The van der Waals surface area contributed by atoms with Crippen molar-refractivity contribution >= 4 is 29.2 Å². The molecule has 2 aromatic rings. The van der Waals surface area contributed by atoms with E-state index in [0.717, 1.165) is 6.42 Å². The van der Waals surface area contributed by atoms with Crippen molar-refractivity contribution in [1.29, 1.82) is 0 Å². The average molecular weight is 544 g/mol. The maximum atomic E-state index is 15.0. The zero-order chi connectivity index (χ0) is 27.3. The summed E-state index contributed by atoms with van der Waals surface area (Å²) in [5, 5.41) is 10.5. The van der Waals surface area contributed by atoms with Crippen LogP contribution in [-0.2, 0) is 4.79 Å². The van der Waals surface area contributed by atoms with Crippen molar-refractivity contribution < 1.29 is 23.8 Å². The van der Waals surface area contributed by atoms with Crippen LogP contribution in [0.4, 0.5) is 10.2 Å². The normalized spacial score (nSPS) is 23.2. The Bertz CT molecular complexity index is 1280. The molecule has 2 amide bonds. The summed E-state index contributed by atoms with van der Waals surface area (Å²) in [6, 6.07) is 3.80. The summed E-state index contributed by atoms with van der Waals surface area (Å²) in [6.45, 7) is 7.26. The highest BCUT2D eigenvalue weighted by atomic mass is 35.5. The molecule has 9 nitrogen and oxygen atoms in total. The van der Waals surface area contributed by atoms with Crippen LogP contribution in [0, 0.1) is 5.82 Å². The Kier molecular flexibility index (Phi) is 6.96. The third-order valence-electron chi connectivity index (χ3n) is 7.72. The zero-order valence-electron chi connectivity index (χ0n) is 21.7. The van der Waals surface area contributed by atoms with Crippen LogP contribution in [0.15, 0.2) is 30.9 Å². The minimum atomic E-state index is -0.693. The summed E-state index contributed by atoms with van der Waals surface area (Å²) < 4.78 is 21.2. The third kappa shape index (κ3) is 4.35. The van der Waals surface area contributed by atoms with Gasteiger partial charge in [0.1, 0.15) is 40.3 Å². The monoisotopic (exact) mass is 543 g/mol. The van der Waals surface area contributed by atoms with Gasteiger partial charge in [0.25, 0.3) is 5.91 Å². The van der Waals surface area contributed by atoms with Gasteiger partial charge in [0, 0.05) is 38.3 Å². The molecule has 1 aromatic carbocycles. The molecule has 1 unspecified atom stereocenters. The number of amides is 2. The smallest absolute Gasteiger partial charge is 0.261 e. The number of piperazine rings is 1. The van der Waals surface area contributed by atoms with Gasteiger partial charge in [-0.3, -0.25) is 9.59 Å². The van der Waals surface area contributed by atoms with Gasteiger partial charge in [-0.05, 0) is 45.6 Å². The Morgan fingerprint density at radius 1 is 1.26 bits per heavy atom. The highest BCUT2D eigenvalue weighted by Crippen LogP contribution is 2.47. The number of ether oxygens (including phenoxy) is 1. The molecule has 5 rings (SSSR count). The molecule has 1 N–H and O–H groups in total. The first-order chi connectivity index (χ1) is 18.1. The number of hydrogen-bond acceptors (Lipinski definition) is 7. The number of nitrogens with zero attached hydrogens (tertiary/aromatic N) is 5. The Balaban J connectivity index is 1.67. The lowest BCUT2D eigenvalue weighted by Gasteiger charge is -2.39. The molecule has 3 atom stereocenters. The van der Waals surface area contributed by atoms with Gasteiger partial charge in [-0.1, -0.05) is 24.2 Å². The van der Waals surface area contributed by atoms with Crippen LogP contribution in [0.25, 0.3) is 11.3 Å². The highest BCUT2D eigenvalue weighted by Gasteiger charge is 2.42. The average Bonchev–Trinajstić information content (AvgIpc) is 3.22. The number of pyridine rings is 1. The predicted molar refractivity (Wildman–Crippen MR) is 142 cm³/mol. The number of anilines is 1. The van der Waals surface area contributed by atoms with Crippen molar-refractivity contribution in [2.45, 2.75) is 31.5 Å². The number of phenols is 1. The van der Waals surface area contributed by atoms with E-state index in [1.165, 1.54) is 24.3 Å². The quantitative estimate of drug-likeness (QED) is 0.593. The minimum absolute atomic E-state index is 0.00709. The van der Waals surface area contributed by atoms with Crippen molar-refractivity contribution in [1.82, 2.24) is 19.7 Å². The van der Waals surface area contributed by atoms with Crippen LogP contribution in [0.3, 0.4) is 0 Å². The van der Waals surface area contributed by atoms with Crippen LogP contribution in [0.1, 0.15) is 23.7 Å². The number of fused-ring (bicyclic) bond motifs is 2. The lowest BCUT2D eigenvalue weighted by Crippen LogP contribution is -2.57. The van der Waals surface area contributed by atoms with Crippen LogP contribution < -0.4 is 9.64 Å². The number of carbonyl (C=O) groups is 2. The number of benzene rings is 1. The van der Waals surface area contributed by atoms with E-state index in [0.29, 0.717) is 25.5 Å². The van der Waals surface area contributed by atoms with Gasteiger partial charge in [0.2, 0.25) is 5.91 Å². The van der Waals surface area contributed by atoms with Gasteiger partial charge in [-0.2, -0.15) is 0 Å². The van der Waals surface area contributed by atoms with E-state index in [4.69, 9.17) is 21.3 Å². The molecule has 0 bridgehead atoms. The van der Waals surface area contributed by atoms with E-state index in [1.54, 1.807) is 9.80 Å². The highest BCUT2D eigenvalue weighted by molar-refractivity contribution is 6.35. The maximum Gasteiger partial charge on any atom is 0.261 e. The first-order valence-electron chi connectivity index (χ1n) is 12.6. The molecule has 0 aliphatic carbocycles. The van der Waals surface area contributed by atoms with Crippen molar-refractivity contribution in [2.75, 3.05) is 51.8 Å². The lowest BCUT2D eigenvalue weighted by molar-refractivity contribution is -0.128. The summed E-state index contributed by atoms with van der Waals surface area (Å²) in [7, 11) is 4.00. The van der Waals surface area contributed by atoms with Gasteiger partial charge >= 0.3 is 0 Å². The molecular formula is C27H31ClFN5O4. The fourth-order valence-electron chi connectivity index (χ4n) is 5.57. The summed E-state index contributed by atoms with van der Waals surface area (Å²) in [4.78, 5) is 38.6. The van der Waals surface area contributed by atoms with Crippen molar-refractivity contribution in [3.8, 4) is 22.8 Å². The molecule has 0 spiro atoms. The fraction of sp³-hybridized carbons (Fsp3) is 0.444. The summed E-state index contributed by atoms with van der Waals surface area (Å²) in [6.07, 6.45) is 2.10. The van der Waals surface area contributed by atoms with Crippen LogP contribution >= 0.6 is 11.6 Å². The first-order valence-corrected chi connectivity index (χ1v) is 13.0. The van der Waals surface area contributed by atoms with Gasteiger partial charge in [-0.15, -0.1) is 0 Å². The Hall–Kier alpha value is -3.37. The van der Waals surface area contributed by atoms with Crippen LogP contribution in [0.2, 0.25) is 5.02 Å². The van der Waals surface area contributed by atoms with E-state index in [2.05, 4.69) is 18.4 Å². The van der Waals surface area contributed by atoms with Crippen molar-refractivity contribution in [3.63, 3.8) is 0 Å². The van der Waals surface area contributed by atoms with E-state index >= 15 is 4.39 Å². The Morgan fingerprint density at radius 3 is 2.68 bits per heavy atom. The van der Waals surface area contributed by atoms with Gasteiger partial charge in [-0.25, -0.2) is 9.37 Å². The molecule has 0 radical (unpaired) electrons. The van der Waals surface area contributed by atoms with E-state index in [9.17, 15) is 14.7 Å². The van der Waals surface area contributed by atoms with Crippen molar-refractivity contribution in [3.05, 3.63) is 47.3 Å². The van der Waals surface area contributed by atoms with Crippen LogP contribution in [0.5, 0.6) is 11.5 Å². The second-order valence-corrected chi connectivity index (χ2v) is 10.6. The molecule has 11 heteroatoms. The molecule has 3 aliphatic heterocycles. The van der Waals surface area contributed by atoms with Crippen molar-refractivity contribution in [2.24, 2.45) is 0 Å². The van der Waals surface area contributed by atoms with E-state index < -0.39 is 11.9 Å². The van der Waals surface area contributed by atoms with Gasteiger partial charge in [0.15, 0.2) is 5.75 Å². The van der Waals surface area contributed by atoms with Gasteiger partial charge in [0.05, 0.1) is 11.6 Å². The molecule has 3 aliphatic rings. The van der Waals surface area contributed by atoms with E-state index in [1.807, 2.05) is 19.0 Å². The maximum absolute atomic E-state index is 15.0. The second kappa shape index (κ2) is 10.1. The van der Waals surface area contributed by atoms with Crippen LogP contribution in [-0.4, -0.2) is 102 Å². The number of phenolic OH excluding ortho intramolecular Hbond substituents is 1.